The molecule has 0 aromatic rings. The predicted molar refractivity (Wildman–Crippen MR) is 57.8 cm³/mol. The third-order valence-corrected chi connectivity index (χ3v) is 3.16. The normalized spacial score (nSPS) is 30.6. The topological polar surface area (TPSA) is 96.1 Å². The summed E-state index contributed by atoms with van der Waals surface area (Å²) in [6.07, 6.45) is 0.730. The van der Waals surface area contributed by atoms with E-state index < -0.39 is 18.4 Å². The maximum Gasteiger partial charge on any atom is 0.507 e. The SMILES string of the molecule is N[C@H]1CCCN2CCC[C@H](OC(=O)O)N2C1=O. The van der Waals surface area contributed by atoms with Gasteiger partial charge in [0.15, 0.2) is 6.23 Å². The summed E-state index contributed by atoms with van der Waals surface area (Å²) in [6.45, 7) is 1.47. The number of rotatable bonds is 1. The lowest BCUT2D eigenvalue weighted by Crippen LogP contribution is -2.59. The first-order valence-corrected chi connectivity index (χ1v) is 5.82. The number of nitrogens with two attached hydrogens (primary N) is 1. The van der Waals surface area contributed by atoms with Gasteiger partial charge in [-0.15, -0.1) is 0 Å². The molecule has 2 heterocycles. The predicted octanol–water partition coefficient (Wildman–Crippen LogP) is -0.0324. The fourth-order valence-electron chi connectivity index (χ4n) is 2.37. The summed E-state index contributed by atoms with van der Waals surface area (Å²) in [7, 11) is 0. The van der Waals surface area contributed by atoms with E-state index in [0.29, 0.717) is 12.8 Å². The lowest BCUT2D eigenvalue weighted by Gasteiger charge is -2.42. The van der Waals surface area contributed by atoms with E-state index in [1.54, 1.807) is 0 Å². The van der Waals surface area contributed by atoms with Gasteiger partial charge in [-0.2, -0.15) is 0 Å². The molecule has 0 saturated carbocycles. The second-order valence-electron chi connectivity index (χ2n) is 4.37. The van der Waals surface area contributed by atoms with Gasteiger partial charge >= 0.3 is 6.16 Å². The first kappa shape index (κ1) is 12.1. The molecule has 0 aromatic heterocycles. The second-order valence-corrected chi connectivity index (χ2v) is 4.37. The van der Waals surface area contributed by atoms with Gasteiger partial charge in [-0.25, -0.2) is 14.8 Å². The zero-order valence-corrected chi connectivity index (χ0v) is 9.54. The van der Waals surface area contributed by atoms with Crippen LogP contribution in [0.2, 0.25) is 0 Å². The van der Waals surface area contributed by atoms with Crippen molar-refractivity contribution < 1.29 is 19.4 Å². The Balaban J connectivity index is 2.17. The number of hydrogen-bond acceptors (Lipinski definition) is 5. The third-order valence-electron chi connectivity index (χ3n) is 3.16. The van der Waals surface area contributed by atoms with Crippen molar-refractivity contribution in [1.29, 1.82) is 0 Å². The Morgan fingerprint density at radius 1 is 1.35 bits per heavy atom. The molecule has 0 radical (unpaired) electrons. The van der Waals surface area contributed by atoms with E-state index in [4.69, 9.17) is 15.6 Å². The van der Waals surface area contributed by atoms with Crippen LogP contribution in [0, 0.1) is 0 Å². The molecule has 17 heavy (non-hydrogen) atoms. The largest absolute Gasteiger partial charge is 0.507 e. The number of amides is 1. The number of hydrazine groups is 1. The molecule has 2 atom stereocenters. The number of hydrogen-bond donors (Lipinski definition) is 2. The summed E-state index contributed by atoms with van der Waals surface area (Å²) in [5, 5.41) is 11.9. The molecule has 0 unspecified atom stereocenters. The molecule has 2 fully saturated rings. The van der Waals surface area contributed by atoms with Crippen molar-refractivity contribution in [3.05, 3.63) is 0 Å². The van der Waals surface area contributed by atoms with E-state index in [-0.39, 0.29) is 5.91 Å². The Morgan fingerprint density at radius 2 is 2.00 bits per heavy atom. The van der Waals surface area contributed by atoms with Crippen LogP contribution in [0.1, 0.15) is 25.7 Å². The van der Waals surface area contributed by atoms with Crippen LogP contribution in [0.3, 0.4) is 0 Å². The summed E-state index contributed by atoms with van der Waals surface area (Å²) in [5.41, 5.74) is 5.76. The van der Waals surface area contributed by atoms with Crippen LogP contribution in [0.4, 0.5) is 4.79 Å². The minimum Gasteiger partial charge on any atom is -0.450 e. The Bertz CT molecular complexity index is 323. The van der Waals surface area contributed by atoms with Gasteiger partial charge in [0.2, 0.25) is 0 Å². The monoisotopic (exact) mass is 243 g/mol. The van der Waals surface area contributed by atoms with Crippen LogP contribution in [0.25, 0.3) is 0 Å². The van der Waals surface area contributed by atoms with Gasteiger partial charge in [-0.05, 0) is 19.3 Å². The second kappa shape index (κ2) is 4.89. The Kier molecular flexibility index (Phi) is 3.49. The molecule has 0 spiro atoms. The molecule has 0 bridgehead atoms. The fourth-order valence-corrected chi connectivity index (χ4v) is 2.37. The van der Waals surface area contributed by atoms with Crippen LogP contribution in [0.5, 0.6) is 0 Å². The number of nitrogens with zero attached hydrogens (tertiary/aromatic N) is 2. The van der Waals surface area contributed by atoms with E-state index >= 15 is 0 Å². The summed E-state index contributed by atoms with van der Waals surface area (Å²) < 4.78 is 4.76. The molecule has 2 aliphatic heterocycles. The highest BCUT2D eigenvalue weighted by molar-refractivity contribution is 5.81. The van der Waals surface area contributed by atoms with Crippen molar-refractivity contribution in [3.63, 3.8) is 0 Å². The van der Waals surface area contributed by atoms with Crippen molar-refractivity contribution in [1.82, 2.24) is 10.0 Å². The number of carboxylic acid groups (broad SMARTS) is 1. The number of ether oxygens (including phenoxy) is 1. The average Bonchev–Trinajstić information content (AvgIpc) is 2.40. The molecule has 96 valence electrons. The van der Waals surface area contributed by atoms with Gasteiger partial charge in [-0.3, -0.25) is 4.79 Å². The van der Waals surface area contributed by atoms with Gasteiger partial charge < -0.3 is 15.6 Å². The van der Waals surface area contributed by atoms with Crippen molar-refractivity contribution in [2.24, 2.45) is 5.73 Å². The lowest BCUT2D eigenvalue weighted by atomic mass is 10.1. The standard InChI is InChI=1S/C10H17N3O4/c11-7-3-1-5-12-6-2-4-8(17-10(15)16)13(12)9(7)14/h7-8H,1-6,11H2,(H,15,16)/t7-,8-/m0/s1. The smallest absolute Gasteiger partial charge is 0.450 e. The van der Waals surface area contributed by atoms with Crippen LogP contribution >= 0.6 is 0 Å². The van der Waals surface area contributed by atoms with E-state index in [2.05, 4.69) is 0 Å². The zero-order chi connectivity index (χ0) is 12.4. The molecule has 0 aliphatic carbocycles. The van der Waals surface area contributed by atoms with Gasteiger partial charge in [0.05, 0.1) is 6.04 Å². The molecule has 0 aromatic carbocycles. The lowest BCUT2D eigenvalue weighted by molar-refractivity contribution is -0.189. The number of carbonyl (C=O) groups is 2. The minimum absolute atomic E-state index is 0.242. The molecule has 2 saturated heterocycles. The van der Waals surface area contributed by atoms with Gasteiger partial charge in [0.25, 0.3) is 5.91 Å². The van der Waals surface area contributed by atoms with Gasteiger partial charge in [0, 0.05) is 19.5 Å². The summed E-state index contributed by atoms with van der Waals surface area (Å²) in [6, 6.07) is -0.557. The van der Waals surface area contributed by atoms with Crippen molar-refractivity contribution in [3.8, 4) is 0 Å². The summed E-state index contributed by atoms with van der Waals surface area (Å²) in [4.78, 5) is 22.7. The summed E-state index contributed by atoms with van der Waals surface area (Å²) in [5.74, 6) is -0.242. The highest BCUT2D eigenvalue weighted by atomic mass is 16.7. The van der Waals surface area contributed by atoms with E-state index in [1.165, 1.54) is 5.01 Å². The summed E-state index contributed by atoms with van der Waals surface area (Å²) >= 11 is 0. The first-order valence-electron chi connectivity index (χ1n) is 5.82. The Morgan fingerprint density at radius 3 is 2.65 bits per heavy atom. The Hall–Kier alpha value is -1.34. The van der Waals surface area contributed by atoms with Crippen LogP contribution in [-0.2, 0) is 9.53 Å². The molecular formula is C10H17N3O4. The molecule has 3 N–H and O–H groups in total. The average molecular weight is 243 g/mol. The maximum absolute atomic E-state index is 12.1. The Labute approximate surface area is 99.1 Å². The third kappa shape index (κ3) is 2.50. The van der Waals surface area contributed by atoms with Crippen molar-refractivity contribution >= 4 is 12.1 Å². The number of fused-ring (bicyclic) bond motifs is 1. The fraction of sp³-hybridized carbons (Fsp3) is 0.800. The van der Waals surface area contributed by atoms with E-state index in [0.717, 1.165) is 25.9 Å². The highest BCUT2D eigenvalue weighted by Gasteiger charge is 2.39. The van der Waals surface area contributed by atoms with Gasteiger partial charge in [-0.1, -0.05) is 0 Å². The zero-order valence-electron chi connectivity index (χ0n) is 9.54. The molecule has 7 nitrogen and oxygen atoms in total. The van der Waals surface area contributed by atoms with Gasteiger partial charge in [0.1, 0.15) is 0 Å². The van der Waals surface area contributed by atoms with Crippen LogP contribution in [-0.4, -0.2) is 52.5 Å². The van der Waals surface area contributed by atoms with E-state index in [9.17, 15) is 9.59 Å². The van der Waals surface area contributed by atoms with Crippen LogP contribution < -0.4 is 5.73 Å². The highest BCUT2D eigenvalue weighted by Crippen LogP contribution is 2.23. The maximum atomic E-state index is 12.1. The van der Waals surface area contributed by atoms with E-state index in [1.807, 2.05) is 5.01 Å². The molecule has 7 heteroatoms. The molecular weight excluding hydrogens is 226 g/mol. The van der Waals surface area contributed by atoms with Crippen LogP contribution in [0.15, 0.2) is 0 Å². The quantitative estimate of drug-likeness (QED) is 0.628. The minimum atomic E-state index is -1.36. The molecule has 2 aliphatic rings. The van der Waals surface area contributed by atoms with Crippen molar-refractivity contribution in [2.75, 3.05) is 13.1 Å². The number of carbonyl (C=O) groups excluding carboxylic acids is 1. The van der Waals surface area contributed by atoms with Crippen molar-refractivity contribution in [2.45, 2.75) is 38.0 Å². The first-order chi connectivity index (χ1) is 8.09. The molecule has 1 amide bonds. The molecule has 2 rings (SSSR count).